The first kappa shape index (κ1) is 20.2. The number of guanidine groups is 1. The smallest absolute Gasteiger partial charge is 0.382 e. The second kappa shape index (κ2) is 10.9. The number of hydrogen-bond acceptors (Lipinski definition) is 3. The number of nitrogens with zero attached hydrogens (tertiary/aromatic N) is 1. The van der Waals surface area contributed by atoms with Crippen LogP contribution in [0.5, 0.6) is 0 Å². The predicted molar refractivity (Wildman–Crippen MR) is 86.6 cm³/mol. The molecule has 1 aromatic carbocycles. The van der Waals surface area contributed by atoms with Crippen LogP contribution in [0.15, 0.2) is 29.3 Å². The van der Waals surface area contributed by atoms with Crippen LogP contribution in [-0.2, 0) is 22.6 Å². The van der Waals surface area contributed by atoms with Gasteiger partial charge in [-0.15, -0.1) is 0 Å². The lowest BCUT2D eigenvalue weighted by molar-refractivity contribution is -0.176. The predicted octanol–water partition coefficient (Wildman–Crippen LogP) is 2.60. The third kappa shape index (κ3) is 10.1. The molecule has 0 fully saturated rings. The van der Waals surface area contributed by atoms with Crippen molar-refractivity contribution in [1.82, 2.24) is 5.32 Å². The standard InChI is InChI=1S/C16H24F3N3O2/c1-2-23-9-3-8-21-15(20)22-10-13-4-6-14(7-5-13)11-24-12-16(17,18)19/h4-7H,2-3,8-12H2,1H3,(H3,20,21,22). The van der Waals surface area contributed by atoms with Gasteiger partial charge >= 0.3 is 6.18 Å². The van der Waals surface area contributed by atoms with Gasteiger partial charge in [-0.25, -0.2) is 4.99 Å². The highest BCUT2D eigenvalue weighted by molar-refractivity contribution is 5.77. The summed E-state index contributed by atoms with van der Waals surface area (Å²) in [5, 5.41) is 2.99. The first-order valence-electron chi connectivity index (χ1n) is 7.74. The molecule has 0 amide bonds. The third-order valence-electron chi connectivity index (χ3n) is 2.97. The number of nitrogens with one attached hydrogen (secondary N) is 1. The van der Waals surface area contributed by atoms with Crippen LogP contribution in [0, 0.1) is 0 Å². The van der Waals surface area contributed by atoms with E-state index < -0.39 is 12.8 Å². The molecule has 0 aliphatic heterocycles. The Labute approximate surface area is 140 Å². The summed E-state index contributed by atoms with van der Waals surface area (Å²) in [6.45, 7) is 3.07. The molecule has 5 nitrogen and oxygen atoms in total. The summed E-state index contributed by atoms with van der Waals surface area (Å²) in [4.78, 5) is 4.20. The average Bonchev–Trinajstić information content (AvgIpc) is 2.53. The molecule has 0 saturated heterocycles. The Morgan fingerprint density at radius 3 is 2.46 bits per heavy atom. The minimum Gasteiger partial charge on any atom is -0.382 e. The van der Waals surface area contributed by atoms with Crippen LogP contribution in [0.4, 0.5) is 13.2 Å². The Hall–Kier alpha value is -1.80. The minimum absolute atomic E-state index is 0.0768. The Kier molecular flexibility index (Phi) is 9.18. The Balaban J connectivity index is 2.29. The summed E-state index contributed by atoms with van der Waals surface area (Å²) in [7, 11) is 0. The Morgan fingerprint density at radius 2 is 1.83 bits per heavy atom. The second-order valence-corrected chi connectivity index (χ2v) is 5.10. The number of aliphatic imine (C=N–C) groups is 1. The van der Waals surface area contributed by atoms with E-state index in [0.29, 0.717) is 37.8 Å². The van der Waals surface area contributed by atoms with Crippen molar-refractivity contribution in [2.24, 2.45) is 10.7 Å². The van der Waals surface area contributed by atoms with Gasteiger partial charge in [0.2, 0.25) is 0 Å². The van der Waals surface area contributed by atoms with Crippen LogP contribution in [0.25, 0.3) is 0 Å². The number of halogens is 3. The molecule has 0 aliphatic rings. The highest BCUT2D eigenvalue weighted by Gasteiger charge is 2.27. The Bertz CT molecular complexity index is 490. The third-order valence-corrected chi connectivity index (χ3v) is 2.97. The van der Waals surface area contributed by atoms with E-state index in [-0.39, 0.29) is 6.61 Å². The molecule has 0 saturated carbocycles. The molecule has 0 aromatic heterocycles. The van der Waals surface area contributed by atoms with E-state index >= 15 is 0 Å². The summed E-state index contributed by atoms with van der Waals surface area (Å²) >= 11 is 0. The molecule has 0 aliphatic carbocycles. The molecule has 0 heterocycles. The molecule has 3 N–H and O–H groups in total. The summed E-state index contributed by atoms with van der Waals surface area (Å²) in [5.41, 5.74) is 7.33. The van der Waals surface area contributed by atoms with Gasteiger partial charge in [-0.05, 0) is 24.5 Å². The van der Waals surface area contributed by atoms with Gasteiger partial charge in [0.15, 0.2) is 5.96 Å². The maximum Gasteiger partial charge on any atom is 0.411 e. The van der Waals surface area contributed by atoms with Gasteiger partial charge < -0.3 is 20.5 Å². The summed E-state index contributed by atoms with van der Waals surface area (Å²) in [5.74, 6) is 0.351. The SMILES string of the molecule is CCOCCCNC(N)=NCc1ccc(COCC(F)(F)F)cc1. The van der Waals surface area contributed by atoms with Crippen molar-refractivity contribution >= 4 is 5.96 Å². The molecule has 0 radical (unpaired) electrons. The van der Waals surface area contributed by atoms with Gasteiger partial charge in [-0.2, -0.15) is 13.2 Å². The highest BCUT2D eigenvalue weighted by Crippen LogP contribution is 2.15. The molecule has 1 rings (SSSR count). The molecule has 0 bridgehead atoms. The number of alkyl halides is 3. The van der Waals surface area contributed by atoms with Crippen LogP contribution in [0.2, 0.25) is 0 Å². The first-order chi connectivity index (χ1) is 11.4. The van der Waals surface area contributed by atoms with E-state index in [1.165, 1.54) is 0 Å². The Morgan fingerprint density at radius 1 is 1.17 bits per heavy atom. The van der Waals surface area contributed by atoms with Crippen LogP contribution < -0.4 is 11.1 Å². The zero-order valence-corrected chi connectivity index (χ0v) is 13.7. The fourth-order valence-electron chi connectivity index (χ4n) is 1.79. The van der Waals surface area contributed by atoms with Crippen LogP contribution in [0.1, 0.15) is 24.5 Å². The van der Waals surface area contributed by atoms with Crippen molar-refractivity contribution < 1.29 is 22.6 Å². The van der Waals surface area contributed by atoms with Gasteiger partial charge in [0.1, 0.15) is 6.61 Å². The molecule has 24 heavy (non-hydrogen) atoms. The van der Waals surface area contributed by atoms with Crippen LogP contribution in [-0.4, -0.2) is 38.5 Å². The van der Waals surface area contributed by atoms with Crippen molar-refractivity contribution in [3.05, 3.63) is 35.4 Å². The quantitative estimate of drug-likeness (QED) is 0.388. The van der Waals surface area contributed by atoms with Gasteiger partial charge in [-0.3, -0.25) is 0 Å². The molecule has 8 heteroatoms. The number of hydrogen-bond donors (Lipinski definition) is 2. The molecule has 1 aromatic rings. The van der Waals surface area contributed by atoms with Gasteiger partial charge in [0, 0.05) is 19.8 Å². The monoisotopic (exact) mass is 347 g/mol. The maximum absolute atomic E-state index is 12.0. The molecular weight excluding hydrogens is 323 g/mol. The van der Waals surface area contributed by atoms with E-state index in [1.54, 1.807) is 24.3 Å². The van der Waals surface area contributed by atoms with E-state index in [1.807, 2.05) is 6.92 Å². The molecule has 136 valence electrons. The number of rotatable bonds is 10. The first-order valence-corrected chi connectivity index (χ1v) is 7.74. The normalized spacial score (nSPS) is 12.4. The molecular formula is C16H24F3N3O2. The van der Waals surface area contributed by atoms with Crippen molar-refractivity contribution in [3.8, 4) is 0 Å². The lowest BCUT2D eigenvalue weighted by Gasteiger charge is -2.08. The van der Waals surface area contributed by atoms with Crippen molar-refractivity contribution in [2.45, 2.75) is 32.7 Å². The van der Waals surface area contributed by atoms with Crippen molar-refractivity contribution in [1.29, 1.82) is 0 Å². The van der Waals surface area contributed by atoms with E-state index in [4.69, 9.17) is 10.5 Å². The fraction of sp³-hybridized carbons (Fsp3) is 0.562. The van der Waals surface area contributed by atoms with E-state index in [0.717, 1.165) is 12.0 Å². The highest BCUT2D eigenvalue weighted by atomic mass is 19.4. The summed E-state index contributed by atoms with van der Waals surface area (Å²) < 4.78 is 45.8. The van der Waals surface area contributed by atoms with Gasteiger partial charge in [0.25, 0.3) is 0 Å². The minimum atomic E-state index is -4.30. The van der Waals surface area contributed by atoms with Gasteiger partial charge in [0.05, 0.1) is 13.2 Å². The summed E-state index contributed by atoms with van der Waals surface area (Å²) in [6.07, 6.45) is -3.46. The maximum atomic E-state index is 12.0. The zero-order valence-electron chi connectivity index (χ0n) is 13.7. The van der Waals surface area contributed by atoms with Gasteiger partial charge in [-0.1, -0.05) is 24.3 Å². The van der Waals surface area contributed by atoms with E-state index in [2.05, 4.69) is 15.0 Å². The number of nitrogens with two attached hydrogens (primary N) is 1. The fourth-order valence-corrected chi connectivity index (χ4v) is 1.79. The van der Waals surface area contributed by atoms with Crippen molar-refractivity contribution in [2.75, 3.05) is 26.4 Å². The molecule has 0 atom stereocenters. The molecule has 0 unspecified atom stereocenters. The largest absolute Gasteiger partial charge is 0.411 e. The van der Waals surface area contributed by atoms with Crippen LogP contribution >= 0.6 is 0 Å². The summed E-state index contributed by atoms with van der Waals surface area (Å²) in [6, 6.07) is 7.01. The number of benzene rings is 1. The lowest BCUT2D eigenvalue weighted by atomic mass is 10.1. The second-order valence-electron chi connectivity index (χ2n) is 5.10. The zero-order chi connectivity index (χ0) is 17.8. The van der Waals surface area contributed by atoms with Crippen LogP contribution in [0.3, 0.4) is 0 Å². The lowest BCUT2D eigenvalue weighted by Crippen LogP contribution is -2.32. The number of ether oxygens (including phenoxy) is 2. The average molecular weight is 347 g/mol. The molecule has 0 spiro atoms. The van der Waals surface area contributed by atoms with Crippen molar-refractivity contribution in [3.63, 3.8) is 0 Å². The topological polar surface area (TPSA) is 68.9 Å². The van der Waals surface area contributed by atoms with E-state index in [9.17, 15) is 13.2 Å².